The number of benzene rings is 1. The zero-order valence-electron chi connectivity index (χ0n) is 18.0. The van der Waals surface area contributed by atoms with E-state index in [0.29, 0.717) is 49.4 Å². The van der Waals surface area contributed by atoms with Gasteiger partial charge in [-0.25, -0.2) is 9.18 Å². The van der Waals surface area contributed by atoms with Gasteiger partial charge in [-0.2, -0.15) is 4.98 Å². The molecule has 0 unspecified atom stereocenters. The Kier molecular flexibility index (Phi) is 6.45. The van der Waals surface area contributed by atoms with Crippen molar-refractivity contribution in [1.29, 1.82) is 0 Å². The third-order valence-electron chi connectivity index (χ3n) is 5.43. The van der Waals surface area contributed by atoms with E-state index in [4.69, 9.17) is 19.4 Å². The molecule has 2 aromatic heterocycles. The van der Waals surface area contributed by atoms with E-state index in [1.165, 1.54) is 6.07 Å². The molecule has 0 aliphatic carbocycles. The number of aryl methyl sites for hydroxylation is 2. The third kappa shape index (κ3) is 4.77. The lowest BCUT2D eigenvalue weighted by Gasteiger charge is -2.37. The molecule has 0 spiro atoms. The van der Waals surface area contributed by atoms with Crippen molar-refractivity contribution in [2.24, 2.45) is 0 Å². The second-order valence-corrected chi connectivity index (χ2v) is 7.83. The maximum absolute atomic E-state index is 14.3. The van der Waals surface area contributed by atoms with Gasteiger partial charge in [0.25, 0.3) is 5.89 Å². The van der Waals surface area contributed by atoms with Crippen LogP contribution in [0.15, 0.2) is 34.9 Å². The van der Waals surface area contributed by atoms with E-state index in [-0.39, 0.29) is 17.8 Å². The van der Waals surface area contributed by atoms with Crippen LogP contribution in [0.25, 0.3) is 22.8 Å². The van der Waals surface area contributed by atoms with E-state index in [1.807, 2.05) is 26.0 Å². The van der Waals surface area contributed by atoms with Crippen molar-refractivity contribution in [3.05, 3.63) is 53.1 Å². The highest BCUT2D eigenvalue weighted by atomic mass is 19.1. The monoisotopic (exact) mass is 440 g/mol. The molecule has 9 heteroatoms. The Bertz CT molecular complexity index is 1110. The molecule has 168 valence electrons. The molecule has 0 amide bonds. The zero-order chi connectivity index (χ0) is 22.7. The number of aromatic nitrogens is 3. The average molecular weight is 440 g/mol. The second-order valence-electron chi connectivity index (χ2n) is 7.83. The summed E-state index contributed by atoms with van der Waals surface area (Å²) in [6.45, 7) is 5.72. The van der Waals surface area contributed by atoms with Gasteiger partial charge in [0.2, 0.25) is 5.82 Å². The van der Waals surface area contributed by atoms with Crippen LogP contribution in [0.3, 0.4) is 0 Å². The lowest BCUT2D eigenvalue weighted by atomic mass is 10.1. The predicted molar refractivity (Wildman–Crippen MR) is 114 cm³/mol. The summed E-state index contributed by atoms with van der Waals surface area (Å²) >= 11 is 0. The topological polar surface area (TPSA) is 102 Å². The molecule has 0 bridgehead atoms. The SMILES string of the molecule is CCCc1ccc(-c2nc(-c3ccc(CN4CC(OC(=O)O)C4)nc3CC)no2)cc1F. The number of carbonyl (C=O) groups is 1. The van der Waals surface area contributed by atoms with Gasteiger partial charge < -0.3 is 14.4 Å². The van der Waals surface area contributed by atoms with Gasteiger partial charge in [-0.15, -0.1) is 0 Å². The number of hydrogen-bond acceptors (Lipinski definition) is 7. The smallest absolute Gasteiger partial charge is 0.450 e. The lowest BCUT2D eigenvalue weighted by Crippen LogP contribution is -2.52. The molecule has 3 heterocycles. The van der Waals surface area contributed by atoms with Gasteiger partial charge in [-0.1, -0.05) is 31.5 Å². The number of pyridine rings is 1. The van der Waals surface area contributed by atoms with Crippen molar-refractivity contribution in [3.8, 4) is 22.8 Å². The van der Waals surface area contributed by atoms with Crippen LogP contribution in [-0.2, 0) is 24.1 Å². The largest absolute Gasteiger partial charge is 0.506 e. The molecule has 8 nitrogen and oxygen atoms in total. The lowest BCUT2D eigenvalue weighted by molar-refractivity contribution is -0.0367. The van der Waals surface area contributed by atoms with E-state index in [0.717, 1.165) is 23.4 Å². The predicted octanol–water partition coefficient (Wildman–Crippen LogP) is 4.33. The van der Waals surface area contributed by atoms with E-state index >= 15 is 0 Å². The maximum atomic E-state index is 14.3. The standard InChI is InChI=1S/C23H25FN4O4/c1-3-5-14-6-7-15(10-19(14)24)22-26-21(27-32-22)18-9-8-16(25-20(18)4-2)11-28-12-17(13-28)31-23(29)30/h6-10,17H,3-5,11-13H2,1-2H3,(H,29,30). The molecule has 0 atom stereocenters. The van der Waals surface area contributed by atoms with Crippen molar-refractivity contribution in [3.63, 3.8) is 0 Å². The number of carboxylic acid groups (broad SMARTS) is 1. The van der Waals surface area contributed by atoms with Gasteiger partial charge in [-0.05, 0) is 42.7 Å². The Morgan fingerprint density at radius 2 is 2.06 bits per heavy atom. The maximum Gasteiger partial charge on any atom is 0.506 e. The number of rotatable bonds is 8. The summed E-state index contributed by atoms with van der Waals surface area (Å²) in [6, 6.07) is 8.79. The van der Waals surface area contributed by atoms with Crippen molar-refractivity contribution in [2.45, 2.75) is 45.8 Å². The van der Waals surface area contributed by atoms with Crippen LogP contribution in [0.5, 0.6) is 0 Å². The molecule has 3 aromatic rings. The van der Waals surface area contributed by atoms with Crippen molar-refractivity contribution in [2.75, 3.05) is 13.1 Å². The third-order valence-corrected chi connectivity index (χ3v) is 5.43. The average Bonchev–Trinajstić information content (AvgIpc) is 3.23. The molecular weight excluding hydrogens is 415 g/mol. The van der Waals surface area contributed by atoms with Crippen LogP contribution < -0.4 is 0 Å². The molecule has 32 heavy (non-hydrogen) atoms. The summed E-state index contributed by atoms with van der Waals surface area (Å²) in [6.07, 6.45) is 0.709. The molecule has 0 radical (unpaired) electrons. The van der Waals surface area contributed by atoms with Crippen LogP contribution in [0.4, 0.5) is 9.18 Å². The minimum Gasteiger partial charge on any atom is -0.450 e. The summed E-state index contributed by atoms with van der Waals surface area (Å²) < 4.78 is 24.4. The Labute approximate surface area is 185 Å². The molecule has 1 saturated heterocycles. The minimum atomic E-state index is -1.25. The molecule has 0 saturated carbocycles. The van der Waals surface area contributed by atoms with Crippen LogP contribution in [0.2, 0.25) is 0 Å². The van der Waals surface area contributed by atoms with Gasteiger partial charge in [0.1, 0.15) is 11.9 Å². The summed E-state index contributed by atoms with van der Waals surface area (Å²) in [7, 11) is 0. The fraction of sp³-hybridized carbons (Fsp3) is 0.391. The van der Waals surface area contributed by atoms with E-state index in [1.54, 1.807) is 12.1 Å². The number of hydrogen-bond donors (Lipinski definition) is 1. The van der Waals surface area contributed by atoms with Crippen molar-refractivity contribution >= 4 is 6.16 Å². The van der Waals surface area contributed by atoms with Crippen LogP contribution in [-0.4, -0.2) is 50.5 Å². The van der Waals surface area contributed by atoms with Crippen LogP contribution in [0, 0.1) is 5.82 Å². The first-order chi connectivity index (χ1) is 15.5. The van der Waals surface area contributed by atoms with Gasteiger partial charge in [0.15, 0.2) is 0 Å². The first-order valence-electron chi connectivity index (χ1n) is 10.7. The van der Waals surface area contributed by atoms with Gasteiger partial charge in [-0.3, -0.25) is 9.88 Å². The molecule has 1 aliphatic rings. The van der Waals surface area contributed by atoms with Crippen LogP contribution >= 0.6 is 0 Å². The quantitative estimate of drug-likeness (QED) is 0.517. The van der Waals surface area contributed by atoms with Gasteiger partial charge in [0.05, 0.1) is 11.4 Å². The number of nitrogens with zero attached hydrogens (tertiary/aromatic N) is 4. The van der Waals surface area contributed by atoms with Crippen molar-refractivity contribution in [1.82, 2.24) is 20.0 Å². The molecular formula is C23H25FN4O4. The van der Waals surface area contributed by atoms with Crippen LogP contribution in [0.1, 0.15) is 37.2 Å². The number of halogens is 1. The van der Waals surface area contributed by atoms with Crippen molar-refractivity contribution < 1.29 is 23.6 Å². The molecule has 1 N–H and O–H groups in total. The fourth-order valence-electron chi connectivity index (χ4n) is 3.81. The highest BCUT2D eigenvalue weighted by Crippen LogP contribution is 2.27. The fourth-order valence-corrected chi connectivity index (χ4v) is 3.81. The second kappa shape index (κ2) is 9.44. The van der Waals surface area contributed by atoms with Gasteiger partial charge in [0, 0.05) is 30.8 Å². The summed E-state index contributed by atoms with van der Waals surface area (Å²) in [5.41, 5.74) is 3.69. The number of ether oxygens (including phenoxy) is 1. The first-order valence-corrected chi connectivity index (χ1v) is 10.7. The highest BCUT2D eigenvalue weighted by Gasteiger charge is 2.30. The highest BCUT2D eigenvalue weighted by molar-refractivity contribution is 5.62. The van der Waals surface area contributed by atoms with E-state index in [9.17, 15) is 9.18 Å². The molecule has 1 aromatic carbocycles. The summed E-state index contributed by atoms with van der Waals surface area (Å²) in [5, 5.41) is 12.7. The number of likely N-dealkylation sites (tertiary alicyclic amines) is 1. The first kappa shape index (κ1) is 21.9. The molecule has 4 rings (SSSR count). The minimum absolute atomic E-state index is 0.262. The Balaban J connectivity index is 1.48. The summed E-state index contributed by atoms with van der Waals surface area (Å²) in [4.78, 5) is 21.8. The van der Waals surface area contributed by atoms with E-state index in [2.05, 4.69) is 15.0 Å². The summed E-state index contributed by atoms with van der Waals surface area (Å²) in [5.74, 6) is 0.400. The van der Waals surface area contributed by atoms with Gasteiger partial charge >= 0.3 is 6.16 Å². The van der Waals surface area contributed by atoms with E-state index < -0.39 is 6.16 Å². The molecule has 1 fully saturated rings. The normalized spacial score (nSPS) is 14.3. The zero-order valence-corrected chi connectivity index (χ0v) is 18.0. The Morgan fingerprint density at radius 1 is 1.25 bits per heavy atom. The Morgan fingerprint density at radius 3 is 2.75 bits per heavy atom. The Hall–Kier alpha value is -3.33. The molecule has 1 aliphatic heterocycles.